The van der Waals surface area contributed by atoms with Crippen LogP contribution in [0.15, 0.2) is 48.0 Å². The van der Waals surface area contributed by atoms with Gasteiger partial charge in [-0.3, -0.25) is 14.5 Å². The van der Waals surface area contributed by atoms with Crippen LogP contribution in [0.1, 0.15) is 70.2 Å². The van der Waals surface area contributed by atoms with Crippen molar-refractivity contribution in [3.63, 3.8) is 0 Å². The highest BCUT2D eigenvalue weighted by Gasteiger charge is 2.32. The van der Waals surface area contributed by atoms with Gasteiger partial charge < -0.3 is 5.11 Å². The molecule has 0 atom stereocenters. The molecular formula is C27H34N2O4. The first-order valence-electron chi connectivity index (χ1n) is 11.2. The number of amides is 3. The van der Waals surface area contributed by atoms with E-state index in [4.69, 9.17) is 4.84 Å². The second kappa shape index (κ2) is 9.40. The van der Waals surface area contributed by atoms with Gasteiger partial charge in [0.2, 0.25) is 0 Å². The SMILES string of the molecule is CC(C)(C)c1cc(C=C2CCN(C(=O)NOCc3ccccc3)C2=O)cc(C(C)(C)C)c1O. The monoisotopic (exact) mass is 450 g/mol. The van der Waals surface area contributed by atoms with E-state index in [-0.39, 0.29) is 23.3 Å². The highest BCUT2D eigenvalue weighted by Crippen LogP contribution is 2.40. The molecule has 6 heteroatoms. The minimum absolute atomic E-state index is 0.218. The van der Waals surface area contributed by atoms with Crippen molar-refractivity contribution in [2.45, 2.75) is 65.4 Å². The van der Waals surface area contributed by atoms with Crippen molar-refractivity contribution in [2.75, 3.05) is 6.54 Å². The van der Waals surface area contributed by atoms with Gasteiger partial charge in [-0.15, -0.1) is 0 Å². The van der Waals surface area contributed by atoms with Gasteiger partial charge in [0.15, 0.2) is 0 Å². The van der Waals surface area contributed by atoms with Crippen molar-refractivity contribution in [2.24, 2.45) is 0 Å². The second-order valence-electron chi connectivity index (χ2n) is 10.5. The van der Waals surface area contributed by atoms with Gasteiger partial charge in [0, 0.05) is 23.2 Å². The van der Waals surface area contributed by atoms with E-state index < -0.39 is 6.03 Å². The van der Waals surface area contributed by atoms with Crippen LogP contribution in [0.5, 0.6) is 5.75 Å². The van der Waals surface area contributed by atoms with Gasteiger partial charge in [0.1, 0.15) is 5.75 Å². The summed E-state index contributed by atoms with van der Waals surface area (Å²) in [6.07, 6.45) is 2.28. The van der Waals surface area contributed by atoms with Crippen LogP contribution in [-0.2, 0) is 27.1 Å². The molecule has 3 rings (SSSR count). The summed E-state index contributed by atoms with van der Waals surface area (Å²) in [5.74, 6) is -0.0371. The summed E-state index contributed by atoms with van der Waals surface area (Å²) in [5.41, 5.74) is 5.81. The molecule has 6 nitrogen and oxygen atoms in total. The molecular weight excluding hydrogens is 416 g/mol. The molecule has 176 valence electrons. The number of imide groups is 1. The maximum atomic E-state index is 12.9. The van der Waals surface area contributed by atoms with Crippen LogP contribution in [0.4, 0.5) is 4.79 Å². The molecule has 3 amide bonds. The maximum absolute atomic E-state index is 12.9. The Bertz CT molecular complexity index is 1020. The third-order valence-electron chi connectivity index (χ3n) is 5.70. The van der Waals surface area contributed by atoms with E-state index in [1.807, 2.05) is 90.1 Å². The number of carbonyl (C=O) groups excluding carboxylic acids is 2. The van der Waals surface area contributed by atoms with Crippen LogP contribution in [0, 0.1) is 0 Å². The van der Waals surface area contributed by atoms with Crippen LogP contribution < -0.4 is 5.48 Å². The highest BCUT2D eigenvalue weighted by molar-refractivity contribution is 6.08. The Kier molecular flexibility index (Phi) is 6.98. The van der Waals surface area contributed by atoms with E-state index in [1.165, 1.54) is 0 Å². The number of aromatic hydroxyl groups is 1. The molecule has 0 aromatic heterocycles. The van der Waals surface area contributed by atoms with Gasteiger partial charge in [-0.1, -0.05) is 71.9 Å². The van der Waals surface area contributed by atoms with Gasteiger partial charge in [-0.05, 0) is 46.6 Å². The highest BCUT2D eigenvalue weighted by atomic mass is 16.7. The van der Waals surface area contributed by atoms with Crippen molar-refractivity contribution in [1.29, 1.82) is 0 Å². The summed E-state index contributed by atoms with van der Waals surface area (Å²) < 4.78 is 0. The van der Waals surface area contributed by atoms with Gasteiger partial charge in [-0.2, -0.15) is 0 Å². The maximum Gasteiger partial charge on any atom is 0.348 e. The molecule has 1 fully saturated rings. The molecule has 33 heavy (non-hydrogen) atoms. The molecule has 1 aliphatic heterocycles. The molecule has 0 unspecified atom stereocenters. The Labute approximate surface area is 196 Å². The van der Waals surface area contributed by atoms with Gasteiger partial charge in [0.05, 0.1) is 6.61 Å². The van der Waals surface area contributed by atoms with Crippen LogP contribution in [0.2, 0.25) is 0 Å². The number of likely N-dealkylation sites (tertiary alicyclic amines) is 1. The average molecular weight is 451 g/mol. The number of hydroxylamine groups is 1. The van der Waals surface area contributed by atoms with E-state index in [9.17, 15) is 14.7 Å². The molecule has 2 aromatic rings. The Balaban J connectivity index is 1.77. The summed E-state index contributed by atoms with van der Waals surface area (Å²) in [7, 11) is 0. The number of phenolic OH excluding ortho intramolecular Hbond substituents is 1. The Hall–Kier alpha value is -3.12. The third kappa shape index (κ3) is 5.82. The average Bonchev–Trinajstić information content (AvgIpc) is 3.08. The van der Waals surface area contributed by atoms with Crippen molar-refractivity contribution >= 4 is 18.0 Å². The molecule has 0 aliphatic carbocycles. The normalized spacial score (nSPS) is 15.9. The minimum Gasteiger partial charge on any atom is -0.507 e. The zero-order chi connectivity index (χ0) is 24.4. The van der Waals surface area contributed by atoms with Gasteiger partial charge in [0.25, 0.3) is 5.91 Å². The fourth-order valence-electron chi connectivity index (χ4n) is 3.84. The van der Waals surface area contributed by atoms with Crippen LogP contribution >= 0.6 is 0 Å². The number of nitrogens with one attached hydrogen (secondary N) is 1. The summed E-state index contributed by atoms with van der Waals surface area (Å²) in [6, 6.07) is 12.7. The topological polar surface area (TPSA) is 78.9 Å². The zero-order valence-corrected chi connectivity index (χ0v) is 20.4. The standard InChI is InChI=1S/C27H34N2O4/c1-26(2,3)21-15-19(16-22(23(21)30)27(4,5)6)14-20-12-13-29(24(20)31)25(32)28-33-17-18-10-8-7-9-11-18/h7-11,14-16,30H,12-13,17H2,1-6H3,(H,28,32). The van der Waals surface area contributed by atoms with Crippen molar-refractivity contribution in [1.82, 2.24) is 10.4 Å². The van der Waals surface area contributed by atoms with E-state index in [0.29, 0.717) is 24.3 Å². The summed E-state index contributed by atoms with van der Waals surface area (Å²) in [6.45, 7) is 12.8. The fourth-order valence-corrected chi connectivity index (χ4v) is 3.84. The number of phenols is 1. The van der Waals surface area contributed by atoms with Crippen LogP contribution in [0.25, 0.3) is 6.08 Å². The summed E-state index contributed by atoms with van der Waals surface area (Å²) in [5, 5.41) is 10.9. The number of rotatable bonds is 4. The van der Waals surface area contributed by atoms with Crippen LogP contribution in [0.3, 0.4) is 0 Å². The fraction of sp³-hybridized carbons (Fsp3) is 0.407. The van der Waals surface area contributed by atoms with Crippen molar-refractivity contribution in [3.05, 3.63) is 70.3 Å². The lowest BCUT2D eigenvalue weighted by atomic mass is 9.78. The first kappa shape index (κ1) is 24.5. The Morgan fingerprint density at radius 2 is 1.64 bits per heavy atom. The minimum atomic E-state index is -0.573. The molecule has 0 saturated carbocycles. The predicted octanol–water partition coefficient (Wildman–Crippen LogP) is 5.44. The summed E-state index contributed by atoms with van der Waals surface area (Å²) in [4.78, 5) is 31.8. The third-order valence-corrected chi connectivity index (χ3v) is 5.70. The first-order valence-corrected chi connectivity index (χ1v) is 11.2. The Morgan fingerprint density at radius 1 is 1.06 bits per heavy atom. The molecule has 0 bridgehead atoms. The number of nitrogens with zero attached hydrogens (tertiary/aromatic N) is 1. The number of benzene rings is 2. The van der Waals surface area contributed by atoms with E-state index in [1.54, 1.807) is 0 Å². The summed E-state index contributed by atoms with van der Waals surface area (Å²) >= 11 is 0. The van der Waals surface area contributed by atoms with E-state index in [0.717, 1.165) is 27.2 Å². The molecule has 1 aliphatic rings. The van der Waals surface area contributed by atoms with Crippen molar-refractivity contribution in [3.8, 4) is 5.75 Å². The lowest BCUT2D eigenvalue weighted by Crippen LogP contribution is -2.40. The molecule has 0 radical (unpaired) electrons. The predicted molar refractivity (Wildman–Crippen MR) is 130 cm³/mol. The lowest BCUT2D eigenvalue weighted by molar-refractivity contribution is -0.122. The number of urea groups is 1. The molecule has 2 N–H and O–H groups in total. The van der Waals surface area contributed by atoms with Gasteiger partial charge in [-0.25, -0.2) is 10.3 Å². The number of hydrogen-bond acceptors (Lipinski definition) is 4. The van der Waals surface area contributed by atoms with E-state index >= 15 is 0 Å². The number of hydrogen-bond donors (Lipinski definition) is 2. The van der Waals surface area contributed by atoms with Crippen molar-refractivity contribution < 1.29 is 19.5 Å². The second-order valence-corrected chi connectivity index (χ2v) is 10.5. The largest absolute Gasteiger partial charge is 0.507 e. The first-order chi connectivity index (χ1) is 15.4. The smallest absolute Gasteiger partial charge is 0.348 e. The lowest BCUT2D eigenvalue weighted by Gasteiger charge is -2.28. The molecule has 0 spiro atoms. The van der Waals surface area contributed by atoms with Crippen LogP contribution in [-0.4, -0.2) is 28.5 Å². The molecule has 2 aromatic carbocycles. The van der Waals surface area contributed by atoms with Gasteiger partial charge >= 0.3 is 6.03 Å². The number of carbonyl (C=O) groups is 2. The van der Waals surface area contributed by atoms with E-state index in [2.05, 4.69) is 5.48 Å². The zero-order valence-electron chi connectivity index (χ0n) is 20.4. The Morgan fingerprint density at radius 3 is 2.18 bits per heavy atom. The quantitative estimate of drug-likeness (QED) is 0.480. The molecule has 1 saturated heterocycles. The molecule has 1 heterocycles.